The van der Waals surface area contributed by atoms with Gasteiger partial charge in [-0.2, -0.15) is 0 Å². The van der Waals surface area contributed by atoms with Crippen LogP contribution >= 0.6 is 0 Å². The Hall–Kier alpha value is -0.520. The van der Waals surface area contributed by atoms with Crippen LogP contribution in [0.5, 0.6) is 0 Å². The lowest BCUT2D eigenvalue weighted by molar-refractivity contribution is 0.563. The van der Waals surface area contributed by atoms with Gasteiger partial charge in [0.1, 0.15) is 0 Å². The van der Waals surface area contributed by atoms with Crippen molar-refractivity contribution in [2.75, 3.05) is 0 Å². The van der Waals surface area contributed by atoms with Gasteiger partial charge >= 0.3 is 0 Å². The molecule has 0 amide bonds. The molecule has 0 aromatic heterocycles. The molecule has 0 radical (unpaired) electrons. The fraction of sp³-hybridized carbons (Fsp3) is 0.667. The number of hydrogen-bond donors (Lipinski definition) is 0. The third-order valence-corrected chi connectivity index (χ3v) is 3.29. The van der Waals surface area contributed by atoms with Crippen LogP contribution in [0.2, 0.25) is 0 Å². The molecule has 66 valence electrons. The van der Waals surface area contributed by atoms with Gasteiger partial charge in [0.2, 0.25) is 0 Å². The lowest BCUT2D eigenvalue weighted by atomic mass is 9.89. The van der Waals surface area contributed by atoms with Crippen LogP contribution in [0.3, 0.4) is 0 Å². The maximum absolute atomic E-state index is 2.38. The highest BCUT2D eigenvalue weighted by Crippen LogP contribution is 2.42. The Morgan fingerprint density at radius 2 is 2.33 bits per heavy atom. The van der Waals surface area contributed by atoms with Crippen LogP contribution in [0.15, 0.2) is 23.8 Å². The molecule has 2 aliphatic rings. The second kappa shape index (κ2) is 3.47. The molecule has 0 saturated heterocycles. The van der Waals surface area contributed by atoms with Crippen LogP contribution in [0, 0.1) is 11.8 Å². The third-order valence-electron chi connectivity index (χ3n) is 3.29. The molecule has 0 bridgehead atoms. The van der Waals surface area contributed by atoms with Crippen molar-refractivity contribution in [1.82, 2.24) is 0 Å². The molecule has 2 unspecified atom stereocenters. The lowest BCUT2D eigenvalue weighted by Crippen LogP contribution is -2.03. The van der Waals surface area contributed by atoms with Crippen molar-refractivity contribution in [1.29, 1.82) is 0 Å². The topological polar surface area (TPSA) is 0 Å². The highest BCUT2D eigenvalue weighted by molar-refractivity contribution is 5.26. The average Bonchev–Trinajstić information content (AvgIpc) is 2.50. The minimum Gasteiger partial charge on any atom is -0.0839 e. The zero-order valence-corrected chi connectivity index (χ0v) is 7.92. The summed E-state index contributed by atoms with van der Waals surface area (Å²) < 4.78 is 0. The Labute approximate surface area is 75.4 Å². The van der Waals surface area contributed by atoms with Gasteiger partial charge in [0.15, 0.2) is 0 Å². The summed E-state index contributed by atoms with van der Waals surface area (Å²) in [5.74, 6) is 1.86. The molecular weight excluding hydrogens is 144 g/mol. The highest BCUT2D eigenvalue weighted by Gasteiger charge is 2.29. The maximum Gasteiger partial charge on any atom is -0.0162 e. The Kier molecular flexibility index (Phi) is 2.34. The number of allylic oxidation sites excluding steroid dienone is 4. The van der Waals surface area contributed by atoms with E-state index in [0.717, 1.165) is 11.8 Å². The van der Waals surface area contributed by atoms with Crippen LogP contribution < -0.4 is 0 Å². The SMILES string of the molecule is CCCC1CCC2CC=CC=C21. The minimum absolute atomic E-state index is 0.923. The van der Waals surface area contributed by atoms with Gasteiger partial charge in [-0.05, 0) is 37.5 Å². The smallest absolute Gasteiger partial charge is 0.0162 e. The van der Waals surface area contributed by atoms with Crippen molar-refractivity contribution >= 4 is 0 Å². The zero-order valence-electron chi connectivity index (χ0n) is 7.92. The van der Waals surface area contributed by atoms with E-state index in [4.69, 9.17) is 0 Å². The van der Waals surface area contributed by atoms with Gasteiger partial charge in [0, 0.05) is 0 Å². The summed E-state index contributed by atoms with van der Waals surface area (Å²) in [5.41, 5.74) is 1.76. The second-order valence-electron chi connectivity index (χ2n) is 4.09. The van der Waals surface area contributed by atoms with Crippen LogP contribution in [-0.4, -0.2) is 0 Å². The fourth-order valence-corrected chi connectivity index (χ4v) is 2.68. The molecular formula is C12H18. The van der Waals surface area contributed by atoms with E-state index in [9.17, 15) is 0 Å². The molecule has 0 aromatic carbocycles. The van der Waals surface area contributed by atoms with E-state index < -0.39 is 0 Å². The Bertz CT molecular complexity index is 208. The van der Waals surface area contributed by atoms with Crippen LogP contribution in [-0.2, 0) is 0 Å². The molecule has 2 rings (SSSR count). The summed E-state index contributed by atoms with van der Waals surface area (Å²) in [7, 11) is 0. The first-order chi connectivity index (χ1) is 5.92. The lowest BCUT2D eigenvalue weighted by Gasteiger charge is -2.17. The first kappa shape index (κ1) is 8.10. The zero-order chi connectivity index (χ0) is 8.39. The summed E-state index contributed by atoms with van der Waals surface area (Å²) >= 11 is 0. The van der Waals surface area contributed by atoms with E-state index in [0.29, 0.717) is 0 Å². The first-order valence-corrected chi connectivity index (χ1v) is 5.28. The van der Waals surface area contributed by atoms with Gasteiger partial charge < -0.3 is 0 Å². The Morgan fingerprint density at radius 1 is 1.42 bits per heavy atom. The summed E-state index contributed by atoms with van der Waals surface area (Å²) in [6.07, 6.45) is 13.9. The van der Waals surface area contributed by atoms with Crippen molar-refractivity contribution in [3.63, 3.8) is 0 Å². The van der Waals surface area contributed by atoms with Crippen molar-refractivity contribution in [3.05, 3.63) is 23.8 Å². The van der Waals surface area contributed by atoms with E-state index in [2.05, 4.69) is 25.2 Å². The van der Waals surface area contributed by atoms with Gasteiger partial charge in [-0.1, -0.05) is 37.1 Å². The summed E-state index contributed by atoms with van der Waals surface area (Å²) in [5, 5.41) is 0. The van der Waals surface area contributed by atoms with Gasteiger partial charge in [-0.25, -0.2) is 0 Å². The first-order valence-electron chi connectivity index (χ1n) is 5.28. The van der Waals surface area contributed by atoms with E-state index in [1.165, 1.54) is 32.1 Å². The molecule has 2 aliphatic carbocycles. The number of rotatable bonds is 2. The van der Waals surface area contributed by atoms with E-state index >= 15 is 0 Å². The summed E-state index contributed by atoms with van der Waals surface area (Å²) in [4.78, 5) is 0. The minimum atomic E-state index is 0.923. The standard InChI is InChI=1S/C12H18/c1-2-5-10-8-9-11-6-3-4-7-12(10)11/h3-4,7,10-11H,2,5-6,8-9H2,1H3. The molecule has 12 heavy (non-hydrogen) atoms. The van der Waals surface area contributed by atoms with Crippen molar-refractivity contribution in [2.24, 2.45) is 11.8 Å². The second-order valence-corrected chi connectivity index (χ2v) is 4.09. The van der Waals surface area contributed by atoms with Gasteiger partial charge in [-0.15, -0.1) is 0 Å². The monoisotopic (exact) mass is 162 g/mol. The predicted molar refractivity (Wildman–Crippen MR) is 53.0 cm³/mol. The predicted octanol–water partition coefficient (Wildman–Crippen LogP) is 3.70. The molecule has 1 fully saturated rings. The molecule has 0 heteroatoms. The average molecular weight is 162 g/mol. The molecule has 1 saturated carbocycles. The molecule has 0 N–H and O–H groups in total. The van der Waals surface area contributed by atoms with Gasteiger partial charge in [0.25, 0.3) is 0 Å². The molecule has 0 aromatic rings. The normalized spacial score (nSPS) is 33.2. The Morgan fingerprint density at radius 3 is 3.17 bits per heavy atom. The highest BCUT2D eigenvalue weighted by atomic mass is 14.3. The van der Waals surface area contributed by atoms with Crippen LogP contribution in [0.1, 0.15) is 39.0 Å². The Balaban J connectivity index is 2.08. The quantitative estimate of drug-likeness (QED) is 0.580. The molecule has 0 spiro atoms. The fourth-order valence-electron chi connectivity index (χ4n) is 2.68. The molecule has 2 atom stereocenters. The molecule has 0 aliphatic heterocycles. The van der Waals surface area contributed by atoms with E-state index in [1.54, 1.807) is 5.57 Å². The van der Waals surface area contributed by atoms with Crippen LogP contribution in [0.4, 0.5) is 0 Å². The van der Waals surface area contributed by atoms with E-state index in [1.807, 2.05) is 0 Å². The van der Waals surface area contributed by atoms with E-state index in [-0.39, 0.29) is 0 Å². The van der Waals surface area contributed by atoms with Crippen molar-refractivity contribution in [2.45, 2.75) is 39.0 Å². The molecule has 0 heterocycles. The number of fused-ring (bicyclic) bond motifs is 1. The van der Waals surface area contributed by atoms with Crippen LogP contribution in [0.25, 0.3) is 0 Å². The largest absolute Gasteiger partial charge is 0.0839 e. The summed E-state index contributed by atoms with van der Waals surface area (Å²) in [6, 6.07) is 0. The third kappa shape index (κ3) is 1.35. The molecule has 0 nitrogen and oxygen atoms in total. The number of hydrogen-bond acceptors (Lipinski definition) is 0. The van der Waals surface area contributed by atoms with Gasteiger partial charge in [-0.3, -0.25) is 0 Å². The van der Waals surface area contributed by atoms with Crippen molar-refractivity contribution < 1.29 is 0 Å². The summed E-state index contributed by atoms with van der Waals surface area (Å²) in [6.45, 7) is 2.30. The van der Waals surface area contributed by atoms with Crippen molar-refractivity contribution in [3.8, 4) is 0 Å². The van der Waals surface area contributed by atoms with Gasteiger partial charge in [0.05, 0.1) is 0 Å². The maximum atomic E-state index is 2.38.